The van der Waals surface area contributed by atoms with Crippen LogP contribution in [0.25, 0.3) is 5.69 Å². The van der Waals surface area contributed by atoms with Gasteiger partial charge in [0, 0.05) is 17.4 Å². The molecule has 0 radical (unpaired) electrons. The topological polar surface area (TPSA) is 64.0 Å². The molecule has 0 aliphatic carbocycles. The average Bonchev–Trinajstić information content (AvgIpc) is 3.18. The number of unbranched alkanes of at least 4 members (excludes halogenated alkanes) is 1. The van der Waals surface area contributed by atoms with Crippen LogP contribution < -0.4 is 10.9 Å². The van der Waals surface area contributed by atoms with E-state index in [4.69, 9.17) is 4.98 Å². The van der Waals surface area contributed by atoms with E-state index < -0.39 is 0 Å². The third-order valence-corrected chi connectivity index (χ3v) is 7.44. The van der Waals surface area contributed by atoms with Crippen LogP contribution in [0.5, 0.6) is 0 Å². The van der Waals surface area contributed by atoms with Crippen molar-refractivity contribution in [2.24, 2.45) is 0 Å². The molecule has 1 aliphatic heterocycles. The van der Waals surface area contributed by atoms with Gasteiger partial charge in [0.2, 0.25) is 5.91 Å². The summed E-state index contributed by atoms with van der Waals surface area (Å²) in [6, 6.07) is 17.5. The smallest absolute Gasteiger partial charge is 0.272 e. The van der Waals surface area contributed by atoms with E-state index in [1.807, 2.05) is 42.5 Å². The molecule has 5 nitrogen and oxygen atoms in total. The summed E-state index contributed by atoms with van der Waals surface area (Å²) in [5.41, 5.74) is 3.61. The van der Waals surface area contributed by atoms with E-state index in [1.54, 1.807) is 16.3 Å². The number of fused-ring (bicyclic) bond motifs is 1. The molecular weight excluding hydrogens is 438 g/mol. The Bertz CT molecular complexity index is 1140. The minimum atomic E-state index is -0.117. The van der Waals surface area contributed by atoms with Crippen LogP contribution in [0.2, 0.25) is 0 Å². The van der Waals surface area contributed by atoms with Gasteiger partial charge in [0.25, 0.3) is 5.56 Å². The zero-order valence-corrected chi connectivity index (χ0v) is 20.0. The first kappa shape index (κ1) is 22.7. The Kier molecular flexibility index (Phi) is 7.37. The molecule has 1 atom stereocenters. The van der Waals surface area contributed by atoms with Crippen molar-refractivity contribution in [1.29, 1.82) is 0 Å². The molecule has 1 aromatic heterocycles. The number of hydrogen-bond donors (Lipinski definition) is 1. The molecule has 3 aromatic rings. The number of carbonyl (C=O) groups is 1. The van der Waals surface area contributed by atoms with E-state index in [9.17, 15) is 9.59 Å². The van der Waals surface area contributed by atoms with E-state index in [1.165, 1.54) is 17.3 Å². The highest BCUT2D eigenvalue weighted by Gasteiger charge is 2.27. The number of amides is 1. The first-order chi connectivity index (χ1) is 15.5. The number of hydrogen-bond acceptors (Lipinski definition) is 5. The summed E-state index contributed by atoms with van der Waals surface area (Å²) in [4.78, 5) is 31.4. The van der Waals surface area contributed by atoms with Crippen LogP contribution in [-0.2, 0) is 17.6 Å². The van der Waals surface area contributed by atoms with Crippen LogP contribution in [-0.4, -0.2) is 26.5 Å². The Balaban J connectivity index is 1.50. The Morgan fingerprint density at radius 3 is 2.66 bits per heavy atom. The van der Waals surface area contributed by atoms with Gasteiger partial charge in [0.15, 0.2) is 5.16 Å². The van der Waals surface area contributed by atoms with Crippen LogP contribution in [0.3, 0.4) is 0 Å². The van der Waals surface area contributed by atoms with E-state index in [-0.39, 0.29) is 17.2 Å². The Labute approximate surface area is 197 Å². The Morgan fingerprint density at radius 1 is 1.19 bits per heavy atom. The van der Waals surface area contributed by atoms with Crippen molar-refractivity contribution in [3.8, 4) is 5.69 Å². The van der Waals surface area contributed by atoms with Gasteiger partial charge in [0.1, 0.15) is 0 Å². The zero-order chi connectivity index (χ0) is 22.5. The molecule has 32 heavy (non-hydrogen) atoms. The monoisotopic (exact) mass is 465 g/mol. The molecule has 1 aliphatic rings. The minimum Gasteiger partial charge on any atom is -0.325 e. The maximum atomic E-state index is 13.3. The van der Waals surface area contributed by atoms with Crippen LogP contribution in [0.1, 0.15) is 37.9 Å². The highest BCUT2D eigenvalue weighted by atomic mass is 32.2. The Morgan fingerprint density at radius 2 is 1.94 bits per heavy atom. The number of thioether (sulfide) groups is 2. The lowest BCUT2D eigenvalue weighted by molar-refractivity contribution is -0.113. The lowest BCUT2D eigenvalue weighted by Crippen LogP contribution is -2.24. The quantitative estimate of drug-likeness (QED) is 0.359. The molecule has 0 saturated carbocycles. The minimum absolute atomic E-state index is 0.0545. The second-order valence-corrected chi connectivity index (χ2v) is 10.3. The number of nitrogens with one attached hydrogen (secondary N) is 1. The molecular formula is C25H27N3O2S2. The number of nitrogens with zero attached hydrogens (tertiary/aromatic N) is 2. The van der Waals surface area contributed by atoms with E-state index in [2.05, 4.69) is 31.3 Å². The molecule has 166 valence electrons. The second-order valence-electron chi connectivity index (χ2n) is 7.92. The fourth-order valence-electron chi connectivity index (χ4n) is 3.66. The first-order valence-electron chi connectivity index (χ1n) is 10.9. The molecule has 1 N–H and O–H groups in total. The lowest BCUT2D eigenvalue weighted by Gasteiger charge is -2.13. The molecule has 4 rings (SSSR count). The lowest BCUT2D eigenvalue weighted by atomic mass is 10.1. The van der Waals surface area contributed by atoms with Crippen LogP contribution >= 0.6 is 23.5 Å². The summed E-state index contributed by atoms with van der Waals surface area (Å²) in [6.07, 6.45) is 4.15. The number of rotatable bonds is 8. The summed E-state index contributed by atoms with van der Waals surface area (Å²) in [6.45, 7) is 4.28. The molecule has 1 amide bonds. The van der Waals surface area contributed by atoms with Gasteiger partial charge in [-0.05, 0) is 42.7 Å². The number of aromatic nitrogens is 2. The average molecular weight is 466 g/mol. The van der Waals surface area contributed by atoms with Gasteiger partial charge in [-0.3, -0.25) is 14.2 Å². The SMILES string of the molecule is CCCCc1ccc(NC(=O)CSc2nc3c(c(=O)n2-c2ccccc2)SC(C)C3)cc1. The van der Waals surface area contributed by atoms with Crippen LogP contribution in [0, 0.1) is 0 Å². The molecule has 0 fully saturated rings. The molecule has 7 heteroatoms. The normalized spacial score (nSPS) is 14.9. The van der Waals surface area contributed by atoms with Gasteiger partial charge in [-0.2, -0.15) is 0 Å². The van der Waals surface area contributed by atoms with Crippen molar-refractivity contribution in [3.63, 3.8) is 0 Å². The predicted molar refractivity (Wildman–Crippen MR) is 133 cm³/mol. The zero-order valence-electron chi connectivity index (χ0n) is 18.3. The molecule has 1 unspecified atom stereocenters. The molecule has 0 spiro atoms. The molecule has 2 aromatic carbocycles. The van der Waals surface area contributed by atoms with Gasteiger partial charge in [0.05, 0.1) is 22.0 Å². The van der Waals surface area contributed by atoms with E-state index in [0.717, 1.165) is 47.6 Å². The van der Waals surface area contributed by atoms with Crippen molar-refractivity contribution in [3.05, 3.63) is 76.2 Å². The summed E-state index contributed by atoms with van der Waals surface area (Å²) < 4.78 is 1.63. The molecule has 2 heterocycles. The van der Waals surface area contributed by atoms with Crippen molar-refractivity contribution in [2.75, 3.05) is 11.1 Å². The van der Waals surface area contributed by atoms with Gasteiger partial charge < -0.3 is 5.32 Å². The third-order valence-electron chi connectivity index (χ3n) is 5.28. The standard InChI is InChI=1S/C25H27N3O2S2/c1-3-4-8-18-11-13-19(14-12-18)26-22(29)16-31-25-27-21-15-17(2)32-23(21)24(30)28(25)20-9-6-5-7-10-20/h5-7,9-14,17H,3-4,8,15-16H2,1-2H3,(H,26,29). The second kappa shape index (κ2) is 10.4. The number of benzene rings is 2. The van der Waals surface area contributed by atoms with Crippen LogP contribution in [0.4, 0.5) is 5.69 Å². The van der Waals surface area contributed by atoms with Gasteiger partial charge in [-0.25, -0.2) is 4.98 Å². The summed E-state index contributed by atoms with van der Waals surface area (Å²) in [7, 11) is 0. The first-order valence-corrected chi connectivity index (χ1v) is 12.8. The third kappa shape index (κ3) is 5.27. The van der Waals surface area contributed by atoms with E-state index in [0.29, 0.717) is 10.4 Å². The summed E-state index contributed by atoms with van der Waals surface area (Å²) in [5.74, 6) is 0.0617. The summed E-state index contributed by atoms with van der Waals surface area (Å²) >= 11 is 2.88. The fraction of sp³-hybridized carbons (Fsp3) is 0.320. The maximum Gasteiger partial charge on any atom is 0.272 e. The highest BCUT2D eigenvalue weighted by molar-refractivity contribution is 8.00. The van der Waals surface area contributed by atoms with Crippen LogP contribution in [0.15, 0.2) is 69.4 Å². The summed E-state index contributed by atoms with van der Waals surface area (Å²) in [5, 5.41) is 3.84. The van der Waals surface area contributed by atoms with Gasteiger partial charge in [-0.15, -0.1) is 11.8 Å². The molecule has 0 saturated heterocycles. The van der Waals surface area contributed by atoms with Gasteiger partial charge >= 0.3 is 0 Å². The predicted octanol–water partition coefficient (Wildman–Crippen LogP) is 5.34. The largest absolute Gasteiger partial charge is 0.325 e. The number of carbonyl (C=O) groups excluding carboxylic acids is 1. The van der Waals surface area contributed by atoms with E-state index >= 15 is 0 Å². The maximum absolute atomic E-state index is 13.3. The molecule has 0 bridgehead atoms. The number of aryl methyl sites for hydroxylation is 1. The number of para-hydroxylation sites is 1. The number of anilines is 1. The van der Waals surface area contributed by atoms with Crippen molar-refractivity contribution in [1.82, 2.24) is 9.55 Å². The Hall–Kier alpha value is -2.51. The van der Waals surface area contributed by atoms with Gasteiger partial charge in [-0.1, -0.05) is 62.4 Å². The fourth-order valence-corrected chi connectivity index (χ4v) is 5.59. The van der Waals surface area contributed by atoms with Crippen molar-refractivity contribution < 1.29 is 4.79 Å². The van der Waals surface area contributed by atoms with Crippen molar-refractivity contribution >= 4 is 35.1 Å². The highest BCUT2D eigenvalue weighted by Crippen LogP contribution is 2.34. The van der Waals surface area contributed by atoms with Crippen molar-refractivity contribution in [2.45, 2.75) is 54.8 Å².